The molecule has 2 aromatic carbocycles. The Bertz CT molecular complexity index is 1260. The first-order valence-electron chi connectivity index (χ1n) is 13.8. The Hall–Kier alpha value is -2.69. The molecule has 2 amide bonds. The molecule has 4 rings (SSSR count). The van der Waals surface area contributed by atoms with Gasteiger partial charge in [0, 0.05) is 22.6 Å². The van der Waals surface area contributed by atoms with E-state index in [4.69, 9.17) is 4.74 Å². The van der Waals surface area contributed by atoms with E-state index >= 15 is 0 Å². The van der Waals surface area contributed by atoms with Gasteiger partial charge in [0.1, 0.15) is 18.0 Å². The lowest BCUT2D eigenvalue weighted by atomic mass is 9.81. The summed E-state index contributed by atoms with van der Waals surface area (Å²) in [6.07, 6.45) is 2.66. The van der Waals surface area contributed by atoms with Gasteiger partial charge >= 0.3 is 12.1 Å². The van der Waals surface area contributed by atoms with Gasteiger partial charge in [0.15, 0.2) is 0 Å². The average Bonchev–Trinajstić information content (AvgIpc) is 3.71. The molecule has 2 fully saturated rings. The van der Waals surface area contributed by atoms with E-state index in [1.54, 1.807) is 45.0 Å². The number of aromatic carboxylic acids is 1. The first-order chi connectivity index (χ1) is 18.8. The summed E-state index contributed by atoms with van der Waals surface area (Å²) in [4.78, 5) is 42.0. The quantitative estimate of drug-likeness (QED) is 0.340. The van der Waals surface area contributed by atoms with Crippen LogP contribution in [0, 0.1) is 27.1 Å². The lowest BCUT2D eigenvalue weighted by Gasteiger charge is -2.31. The third-order valence-corrected chi connectivity index (χ3v) is 8.78. The average molecular weight is 665 g/mol. The number of halogens is 2. The van der Waals surface area contributed by atoms with Crippen molar-refractivity contribution in [3.8, 4) is 0 Å². The lowest BCUT2D eigenvalue weighted by Crippen LogP contribution is -2.46. The number of carboxylic acid groups (broad SMARTS) is 1. The molecule has 3 atom stereocenters. The molecule has 2 aromatic rings. The highest BCUT2D eigenvalue weighted by atomic mass is 127. The Labute approximate surface area is 249 Å². The number of ether oxygens (including phenoxy) is 1. The van der Waals surface area contributed by atoms with Gasteiger partial charge in [-0.05, 0) is 116 Å². The van der Waals surface area contributed by atoms with Crippen LogP contribution in [-0.2, 0) is 16.1 Å². The van der Waals surface area contributed by atoms with Crippen molar-refractivity contribution in [2.75, 3.05) is 19.6 Å². The Morgan fingerprint density at radius 2 is 1.85 bits per heavy atom. The van der Waals surface area contributed by atoms with E-state index in [0.717, 1.165) is 17.5 Å². The molecule has 7 nitrogen and oxygen atoms in total. The predicted molar refractivity (Wildman–Crippen MR) is 158 cm³/mol. The van der Waals surface area contributed by atoms with Crippen LogP contribution in [-0.4, -0.2) is 58.1 Å². The van der Waals surface area contributed by atoms with E-state index in [9.17, 15) is 23.9 Å². The van der Waals surface area contributed by atoms with Gasteiger partial charge in [-0.3, -0.25) is 9.69 Å². The van der Waals surface area contributed by atoms with E-state index in [0.29, 0.717) is 28.5 Å². The highest BCUT2D eigenvalue weighted by molar-refractivity contribution is 14.1. The SMILES string of the molecule is CC1CN(C(=O)CN(Cc2ccc(F)cc2I)C(=O)OC(C)(C)C)CC(c2cccc(C(=O)O)c2)CC1C1CC1. The summed E-state index contributed by atoms with van der Waals surface area (Å²) in [5.74, 6) is -0.184. The lowest BCUT2D eigenvalue weighted by molar-refractivity contribution is -0.133. The minimum atomic E-state index is -0.973. The molecule has 216 valence electrons. The molecule has 3 unspecified atom stereocenters. The van der Waals surface area contributed by atoms with Crippen molar-refractivity contribution in [1.82, 2.24) is 9.80 Å². The van der Waals surface area contributed by atoms with Crippen LogP contribution < -0.4 is 0 Å². The molecule has 0 radical (unpaired) electrons. The number of carbonyl (C=O) groups is 3. The third kappa shape index (κ3) is 7.95. The van der Waals surface area contributed by atoms with E-state index in [1.807, 2.05) is 33.6 Å². The second-order valence-electron chi connectivity index (χ2n) is 12.2. The van der Waals surface area contributed by atoms with Gasteiger partial charge in [0.05, 0.1) is 12.1 Å². The maximum atomic E-state index is 13.9. The van der Waals surface area contributed by atoms with Gasteiger partial charge in [-0.2, -0.15) is 0 Å². The molecule has 1 aliphatic carbocycles. The van der Waals surface area contributed by atoms with Gasteiger partial charge in [0.25, 0.3) is 0 Å². The van der Waals surface area contributed by atoms with Crippen molar-refractivity contribution in [3.05, 3.63) is 68.5 Å². The summed E-state index contributed by atoms with van der Waals surface area (Å²) in [6.45, 7) is 8.47. The zero-order valence-electron chi connectivity index (χ0n) is 23.5. The zero-order valence-corrected chi connectivity index (χ0v) is 25.7. The first kappa shape index (κ1) is 30.3. The largest absolute Gasteiger partial charge is 0.478 e. The highest BCUT2D eigenvalue weighted by Crippen LogP contribution is 2.47. The van der Waals surface area contributed by atoms with Crippen LogP contribution in [0.15, 0.2) is 42.5 Å². The Balaban J connectivity index is 1.59. The minimum absolute atomic E-state index is 0.00757. The topological polar surface area (TPSA) is 87.2 Å². The van der Waals surface area contributed by atoms with Gasteiger partial charge in [0.2, 0.25) is 5.91 Å². The molecule has 2 aliphatic rings. The second kappa shape index (κ2) is 12.4. The molecule has 1 heterocycles. The molecule has 0 spiro atoms. The summed E-state index contributed by atoms with van der Waals surface area (Å²) >= 11 is 2.03. The standard InChI is InChI=1S/C31H38FIN2O5/c1-19-15-34(17-24(13-26(19)20-8-9-20)21-6-5-7-22(12-21)29(37)38)28(36)18-35(30(39)40-31(2,3)4)16-23-10-11-25(32)14-27(23)33/h5-7,10-12,14,19-20,24,26H,8-9,13,15-18H2,1-4H3,(H,37,38). The molecular weight excluding hydrogens is 626 g/mol. The molecule has 40 heavy (non-hydrogen) atoms. The Morgan fingerprint density at radius 1 is 1.12 bits per heavy atom. The minimum Gasteiger partial charge on any atom is -0.478 e. The number of nitrogens with zero attached hydrogens (tertiary/aromatic N) is 2. The van der Waals surface area contributed by atoms with Crippen molar-refractivity contribution in [3.63, 3.8) is 0 Å². The Morgan fingerprint density at radius 3 is 2.48 bits per heavy atom. The molecule has 0 bridgehead atoms. The molecule has 1 saturated carbocycles. The third-order valence-electron chi connectivity index (χ3n) is 7.78. The Kier molecular flexibility index (Phi) is 9.42. The molecule has 0 aromatic heterocycles. The number of amides is 2. The van der Waals surface area contributed by atoms with Crippen LogP contribution >= 0.6 is 22.6 Å². The number of rotatable bonds is 7. The van der Waals surface area contributed by atoms with Crippen LogP contribution in [0.1, 0.15) is 74.4 Å². The second-order valence-corrected chi connectivity index (χ2v) is 13.4. The van der Waals surface area contributed by atoms with Crippen LogP contribution in [0.5, 0.6) is 0 Å². The summed E-state index contributed by atoms with van der Waals surface area (Å²) in [7, 11) is 0. The molecule has 1 aliphatic heterocycles. The first-order valence-corrected chi connectivity index (χ1v) is 14.9. The fourth-order valence-electron chi connectivity index (χ4n) is 5.64. The fraction of sp³-hybridized carbons (Fsp3) is 0.516. The van der Waals surface area contributed by atoms with E-state index in [1.165, 1.54) is 29.9 Å². The van der Waals surface area contributed by atoms with Gasteiger partial charge in [-0.25, -0.2) is 14.0 Å². The summed E-state index contributed by atoms with van der Waals surface area (Å²) in [6, 6.07) is 11.4. The number of carbonyl (C=O) groups excluding carboxylic acids is 2. The number of hydrogen-bond acceptors (Lipinski definition) is 4. The smallest absolute Gasteiger partial charge is 0.411 e. The van der Waals surface area contributed by atoms with Crippen LogP contribution in [0.2, 0.25) is 0 Å². The maximum Gasteiger partial charge on any atom is 0.411 e. The molecule has 9 heteroatoms. The fourth-order valence-corrected chi connectivity index (χ4v) is 6.29. The van der Waals surface area contributed by atoms with E-state index in [2.05, 4.69) is 6.92 Å². The van der Waals surface area contributed by atoms with Crippen LogP contribution in [0.3, 0.4) is 0 Å². The molecular formula is C31H38FIN2O5. The van der Waals surface area contributed by atoms with E-state index < -0.39 is 17.7 Å². The maximum absolute atomic E-state index is 13.9. The monoisotopic (exact) mass is 664 g/mol. The number of likely N-dealkylation sites (tertiary alicyclic amines) is 1. The van der Waals surface area contributed by atoms with Crippen molar-refractivity contribution >= 4 is 40.6 Å². The molecule has 1 saturated heterocycles. The van der Waals surface area contributed by atoms with Gasteiger partial charge in [-0.1, -0.05) is 25.1 Å². The van der Waals surface area contributed by atoms with Crippen molar-refractivity contribution in [2.45, 2.75) is 65.0 Å². The number of benzene rings is 2. The van der Waals surface area contributed by atoms with Crippen LogP contribution in [0.25, 0.3) is 0 Å². The zero-order chi connectivity index (χ0) is 29.2. The van der Waals surface area contributed by atoms with Crippen LogP contribution in [0.4, 0.5) is 9.18 Å². The van der Waals surface area contributed by atoms with E-state index in [-0.39, 0.29) is 42.2 Å². The van der Waals surface area contributed by atoms with Gasteiger partial charge < -0.3 is 14.7 Å². The van der Waals surface area contributed by atoms with Crippen molar-refractivity contribution < 1.29 is 28.6 Å². The number of carboxylic acids is 1. The summed E-state index contributed by atoms with van der Waals surface area (Å²) in [5.41, 5.74) is 1.13. The summed E-state index contributed by atoms with van der Waals surface area (Å²) in [5, 5.41) is 9.55. The normalized spacial score (nSPS) is 21.4. The molecule has 1 N–H and O–H groups in total. The highest BCUT2D eigenvalue weighted by Gasteiger charge is 2.40. The van der Waals surface area contributed by atoms with Crippen molar-refractivity contribution in [1.29, 1.82) is 0 Å². The van der Waals surface area contributed by atoms with Crippen molar-refractivity contribution in [2.24, 2.45) is 17.8 Å². The summed E-state index contributed by atoms with van der Waals surface area (Å²) < 4.78 is 20.0. The van der Waals surface area contributed by atoms with Gasteiger partial charge in [-0.15, -0.1) is 0 Å². The predicted octanol–water partition coefficient (Wildman–Crippen LogP) is 6.54. The number of hydrogen-bond donors (Lipinski definition) is 1.